The molecule has 2 N–H and O–H groups in total. The predicted molar refractivity (Wildman–Crippen MR) is 120 cm³/mol. The number of fused-ring (bicyclic) bond motifs is 2. The number of carbonyl (C=O) groups is 1. The maximum atomic E-state index is 13.4. The van der Waals surface area contributed by atoms with Crippen molar-refractivity contribution < 1.29 is 22.4 Å². The number of alkyl halides is 3. The van der Waals surface area contributed by atoms with Gasteiger partial charge in [0.25, 0.3) is 0 Å². The molecule has 7 nitrogen and oxygen atoms in total. The SMILES string of the molecule is CC(C)(C(=O)N1CC[C@@]2(CCn3nc(-c4cnc(N)c(C(F)(F)F)c4)cc32)C1)c1ccc(F)cn1. The lowest BCUT2D eigenvalue weighted by atomic mass is 9.82. The summed E-state index contributed by atoms with van der Waals surface area (Å²) < 4.78 is 55.0. The van der Waals surface area contributed by atoms with Gasteiger partial charge in [0.15, 0.2) is 0 Å². The second-order valence-electron chi connectivity index (χ2n) is 9.79. The Morgan fingerprint density at radius 1 is 1.09 bits per heavy atom. The standard InChI is InChI=1S/C24H24F4N6O/c1-22(2,18-4-3-15(25)12-30-18)21(35)33-7-5-23(13-33)6-8-34-19(23)10-17(32-34)14-9-16(24(26,27)28)20(29)31-11-14/h3-4,9-12H,5-8,13H2,1-2H3,(H2,29,31)/t23-/m1/s1. The van der Waals surface area contributed by atoms with Crippen molar-refractivity contribution in [2.45, 2.75) is 50.2 Å². The second-order valence-corrected chi connectivity index (χ2v) is 9.79. The van der Waals surface area contributed by atoms with Gasteiger partial charge >= 0.3 is 6.18 Å². The number of halogens is 4. The van der Waals surface area contributed by atoms with Gasteiger partial charge in [-0.15, -0.1) is 0 Å². The Bertz CT molecular complexity index is 1300. The molecule has 1 amide bonds. The average Bonchev–Trinajstić information content (AvgIpc) is 3.50. The van der Waals surface area contributed by atoms with Crippen LogP contribution in [0.2, 0.25) is 0 Å². The fourth-order valence-electron chi connectivity index (χ4n) is 5.15. The fraction of sp³-hybridized carbons (Fsp3) is 0.417. The number of hydrogen-bond donors (Lipinski definition) is 1. The van der Waals surface area contributed by atoms with Gasteiger partial charge in [-0.2, -0.15) is 18.3 Å². The number of nitrogens with zero attached hydrogens (tertiary/aromatic N) is 5. The number of aromatic nitrogens is 4. The Morgan fingerprint density at radius 2 is 1.83 bits per heavy atom. The summed E-state index contributed by atoms with van der Waals surface area (Å²) >= 11 is 0. The molecule has 1 atom stereocenters. The van der Waals surface area contributed by atoms with E-state index in [1.807, 2.05) is 0 Å². The van der Waals surface area contributed by atoms with Gasteiger partial charge in [0.05, 0.1) is 28.6 Å². The summed E-state index contributed by atoms with van der Waals surface area (Å²) in [7, 11) is 0. The van der Waals surface area contributed by atoms with E-state index in [0.29, 0.717) is 37.4 Å². The van der Waals surface area contributed by atoms with Gasteiger partial charge in [-0.25, -0.2) is 9.37 Å². The lowest BCUT2D eigenvalue weighted by Gasteiger charge is -2.30. The molecule has 2 aliphatic heterocycles. The molecule has 5 heterocycles. The molecule has 1 spiro atoms. The topological polar surface area (TPSA) is 89.9 Å². The van der Waals surface area contributed by atoms with E-state index in [0.717, 1.165) is 24.4 Å². The van der Waals surface area contributed by atoms with E-state index in [-0.39, 0.29) is 16.9 Å². The van der Waals surface area contributed by atoms with Gasteiger partial charge in [0, 0.05) is 42.5 Å². The maximum Gasteiger partial charge on any atom is 0.419 e. The van der Waals surface area contributed by atoms with E-state index in [1.54, 1.807) is 29.5 Å². The van der Waals surface area contributed by atoms with Crippen LogP contribution in [0.1, 0.15) is 43.6 Å². The van der Waals surface area contributed by atoms with Crippen molar-refractivity contribution in [3.05, 3.63) is 59.4 Å². The Morgan fingerprint density at radius 3 is 2.51 bits per heavy atom. The summed E-state index contributed by atoms with van der Waals surface area (Å²) in [5.74, 6) is -1.15. The highest BCUT2D eigenvalue weighted by Crippen LogP contribution is 2.45. The van der Waals surface area contributed by atoms with Crippen LogP contribution in [0.4, 0.5) is 23.4 Å². The number of likely N-dealkylation sites (tertiary alicyclic amines) is 1. The Hall–Kier alpha value is -3.50. The molecule has 1 fully saturated rings. The minimum absolute atomic E-state index is 0.107. The van der Waals surface area contributed by atoms with Crippen molar-refractivity contribution in [1.29, 1.82) is 0 Å². The summed E-state index contributed by atoms with van der Waals surface area (Å²) in [4.78, 5) is 23.0. The Balaban J connectivity index is 1.41. The van der Waals surface area contributed by atoms with Gasteiger partial charge < -0.3 is 10.6 Å². The molecule has 5 rings (SSSR count). The van der Waals surface area contributed by atoms with E-state index in [4.69, 9.17) is 5.73 Å². The third-order valence-corrected chi connectivity index (χ3v) is 7.19. The normalized spacial score (nSPS) is 20.0. The number of nitrogen functional groups attached to an aromatic ring is 1. The molecule has 0 unspecified atom stereocenters. The highest BCUT2D eigenvalue weighted by atomic mass is 19.4. The minimum atomic E-state index is -4.62. The van der Waals surface area contributed by atoms with Gasteiger partial charge in [0.2, 0.25) is 5.91 Å². The summed E-state index contributed by atoms with van der Waals surface area (Å²) in [6.45, 7) is 5.14. The number of aryl methyl sites for hydroxylation is 1. The molecule has 0 aromatic carbocycles. The minimum Gasteiger partial charge on any atom is -0.383 e. The van der Waals surface area contributed by atoms with Gasteiger partial charge in [-0.05, 0) is 51.0 Å². The quantitative estimate of drug-likeness (QED) is 0.565. The molecule has 11 heteroatoms. The van der Waals surface area contributed by atoms with Crippen LogP contribution in [0.15, 0.2) is 36.7 Å². The first kappa shape index (κ1) is 23.3. The number of hydrogen-bond acceptors (Lipinski definition) is 5. The van der Waals surface area contributed by atoms with Crippen molar-refractivity contribution in [3.63, 3.8) is 0 Å². The third kappa shape index (κ3) is 3.82. The van der Waals surface area contributed by atoms with Crippen LogP contribution in [0.25, 0.3) is 11.3 Å². The Labute approximate surface area is 199 Å². The smallest absolute Gasteiger partial charge is 0.383 e. The highest BCUT2D eigenvalue weighted by Gasteiger charge is 2.49. The molecule has 0 saturated carbocycles. The predicted octanol–water partition coefficient (Wildman–Crippen LogP) is 3.93. The van der Waals surface area contributed by atoms with Crippen molar-refractivity contribution in [2.75, 3.05) is 18.8 Å². The summed E-state index contributed by atoms with van der Waals surface area (Å²) in [6, 6.07) is 5.57. The van der Waals surface area contributed by atoms with E-state index >= 15 is 0 Å². The number of nitrogens with two attached hydrogens (primary N) is 1. The zero-order chi connectivity index (χ0) is 25.2. The van der Waals surface area contributed by atoms with E-state index in [9.17, 15) is 22.4 Å². The van der Waals surface area contributed by atoms with Crippen LogP contribution >= 0.6 is 0 Å². The molecule has 184 valence electrons. The lowest BCUT2D eigenvalue weighted by molar-refractivity contribution is -0.137. The van der Waals surface area contributed by atoms with Crippen LogP contribution in [0.5, 0.6) is 0 Å². The zero-order valence-electron chi connectivity index (χ0n) is 19.2. The molecular formula is C24H24F4N6O. The number of anilines is 1. The molecule has 0 bridgehead atoms. The molecule has 3 aromatic rings. The molecular weight excluding hydrogens is 464 g/mol. The van der Waals surface area contributed by atoms with Crippen molar-refractivity contribution in [1.82, 2.24) is 24.6 Å². The van der Waals surface area contributed by atoms with Gasteiger partial charge in [-0.1, -0.05) is 0 Å². The first-order valence-electron chi connectivity index (χ1n) is 11.2. The molecule has 0 aliphatic carbocycles. The maximum absolute atomic E-state index is 13.4. The number of rotatable bonds is 3. The van der Waals surface area contributed by atoms with E-state index in [2.05, 4.69) is 15.1 Å². The van der Waals surface area contributed by atoms with Crippen molar-refractivity contribution in [3.8, 4) is 11.3 Å². The number of carbonyl (C=O) groups excluding carboxylic acids is 1. The highest BCUT2D eigenvalue weighted by molar-refractivity contribution is 5.87. The van der Waals surface area contributed by atoms with Crippen LogP contribution < -0.4 is 5.73 Å². The summed E-state index contributed by atoms with van der Waals surface area (Å²) in [6.07, 6.45) is -0.733. The van der Waals surface area contributed by atoms with Gasteiger partial charge in [0.1, 0.15) is 11.6 Å². The molecule has 2 aliphatic rings. The average molecular weight is 488 g/mol. The number of pyridine rings is 2. The lowest BCUT2D eigenvalue weighted by Crippen LogP contribution is -2.44. The largest absolute Gasteiger partial charge is 0.419 e. The second kappa shape index (κ2) is 7.76. The van der Waals surface area contributed by atoms with Crippen molar-refractivity contribution in [2.24, 2.45) is 0 Å². The van der Waals surface area contributed by atoms with Crippen LogP contribution in [0, 0.1) is 5.82 Å². The first-order chi connectivity index (χ1) is 16.4. The fourth-order valence-corrected chi connectivity index (χ4v) is 5.15. The van der Waals surface area contributed by atoms with Crippen LogP contribution in [-0.2, 0) is 28.3 Å². The first-order valence-corrected chi connectivity index (χ1v) is 11.2. The molecule has 1 saturated heterocycles. The molecule has 3 aromatic heterocycles. The monoisotopic (exact) mass is 488 g/mol. The zero-order valence-corrected chi connectivity index (χ0v) is 19.2. The summed E-state index contributed by atoms with van der Waals surface area (Å²) in [5, 5.41) is 4.53. The third-order valence-electron chi connectivity index (χ3n) is 7.19. The van der Waals surface area contributed by atoms with E-state index in [1.165, 1.54) is 18.3 Å². The molecule has 0 radical (unpaired) electrons. The van der Waals surface area contributed by atoms with Crippen LogP contribution in [0.3, 0.4) is 0 Å². The van der Waals surface area contributed by atoms with Crippen LogP contribution in [-0.4, -0.2) is 43.6 Å². The van der Waals surface area contributed by atoms with E-state index < -0.39 is 28.8 Å². The van der Waals surface area contributed by atoms with Crippen molar-refractivity contribution >= 4 is 11.7 Å². The summed E-state index contributed by atoms with van der Waals surface area (Å²) in [5.41, 5.74) is 5.17. The van der Waals surface area contributed by atoms with Gasteiger partial charge in [-0.3, -0.25) is 14.5 Å². The molecule has 35 heavy (non-hydrogen) atoms. The number of amides is 1. The Kier molecular flexibility index (Phi) is 5.15.